The smallest absolute Gasteiger partial charge is 0.380 e. The number of para-hydroxylation sites is 1. The summed E-state index contributed by atoms with van der Waals surface area (Å²) in [5.74, 6) is 0.0121. The predicted molar refractivity (Wildman–Crippen MR) is 93.9 cm³/mol. The Morgan fingerprint density at radius 1 is 1.21 bits per heavy atom. The van der Waals surface area contributed by atoms with E-state index < -0.39 is 11.8 Å². The van der Waals surface area contributed by atoms with Crippen molar-refractivity contribution >= 4 is 22.7 Å². The van der Waals surface area contributed by atoms with Crippen molar-refractivity contribution in [3.05, 3.63) is 36.0 Å². The summed E-state index contributed by atoms with van der Waals surface area (Å²) in [7, 11) is 0. The monoisotopic (exact) mass is 327 g/mol. The molecule has 0 bridgehead atoms. The fourth-order valence-corrected chi connectivity index (χ4v) is 3.81. The average molecular weight is 327 g/mol. The summed E-state index contributed by atoms with van der Waals surface area (Å²) >= 11 is 0. The number of Topliss-reactive ketones (excluding diaryl/α,β-unsaturated/α-hetero) is 1. The molecule has 4 nitrogen and oxygen atoms in total. The van der Waals surface area contributed by atoms with Crippen molar-refractivity contribution in [2.24, 2.45) is 17.8 Å². The molecule has 1 heterocycles. The lowest BCUT2D eigenvalue weighted by molar-refractivity contribution is -0.149. The number of aromatic nitrogens is 1. The van der Waals surface area contributed by atoms with E-state index >= 15 is 0 Å². The Hall–Kier alpha value is -2.10. The largest absolute Gasteiger partial charge is 0.456 e. The van der Waals surface area contributed by atoms with Crippen LogP contribution >= 0.6 is 0 Å². The van der Waals surface area contributed by atoms with E-state index in [1.165, 1.54) is 0 Å². The number of rotatable bonds is 4. The summed E-state index contributed by atoms with van der Waals surface area (Å²) < 4.78 is 5.67. The Balaban J connectivity index is 1.77. The van der Waals surface area contributed by atoms with Crippen LogP contribution in [0.4, 0.5) is 0 Å². The maximum Gasteiger partial charge on any atom is 0.380 e. The summed E-state index contributed by atoms with van der Waals surface area (Å²) in [5.41, 5.74) is 1.24. The van der Waals surface area contributed by atoms with E-state index in [0.717, 1.165) is 30.2 Å². The van der Waals surface area contributed by atoms with Crippen LogP contribution in [0.15, 0.2) is 30.5 Å². The molecule has 1 N–H and O–H groups in total. The molecule has 1 aromatic heterocycles. The minimum absolute atomic E-state index is 0.157. The molecule has 4 heteroatoms. The highest BCUT2D eigenvalue weighted by Crippen LogP contribution is 2.35. The van der Waals surface area contributed by atoms with Gasteiger partial charge in [-0.05, 0) is 36.7 Å². The lowest BCUT2D eigenvalue weighted by atomic mass is 9.75. The maximum atomic E-state index is 12.6. The third kappa shape index (κ3) is 3.23. The van der Waals surface area contributed by atoms with Gasteiger partial charge in [-0.1, -0.05) is 45.4 Å². The lowest BCUT2D eigenvalue weighted by Crippen LogP contribution is -2.37. The molecule has 3 rings (SSSR count). The van der Waals surface area contributed by atoms with Gasteiger partial charge in [0.05, 0.1) is 5.56 Å². The second kappa shape index (κ2) is 6.80. The van der Waals surface area contributed by atoms with E-state index in [9.17, 15) is 9.59 Å². The molecule has 0 spiro atoms. The van der Waals surface area contributed by atoms with Gasteiger partial charge in [0.2, 0.25) is 0 Å². The predicted octanol–water partition coefficient (Wildman–Crippen LogP) is 4.35. The van der Waals surface area contributed by atoms with Crippen LogP contribution < -0.4 is 0 Å². The van der Waals surface area contributed by atoms with Gasteiger partial charge in [0.1, 0.15) is 6.10 Å². The van der Waals surface area contributed by atoms with Crippen molar-refractivity contribution in [2.75, 3.05) is 0 Å². The Morgan fingerprint density at radius 2 is 1.96 bits per heavy atom. The fraction of sp³-hybridized carbons (Fsp3) is 0.500. The highest BCUT2D eigenvalue weighted by molar-refractivity contribution is 6.43. The topological polar surface area (TPSA) is 59.2 Å². The number of ether oxygens (including phenoxy) is 1. The van der Waals surface area contributed by atoms with E-state index in [1.54, 1.807) is 6.20 Å². The number of ketones is 1. The third-order valence-electron chi connectivity index (χ3n) is 5.24. The maximum absolute atomic E-state index is 12.6. The summed E-state index contributed by atoms with van der Waals surface area (Å²) in [4.78, 5) is 28.0. The number of carbonyl (C=O) groups is 2. The molecule has 2 aromatic rings. The fourth-order valence-electron chi connectivity index (χ4n) is 3.81. The van der Waals surface area contributed by atoms with Crippen molar-refractivity contribution in [1.29, 1.82) is 0 Å². The first-order valence-electron chi connectivity index (χ1n) is 8.78. The number of carbonyl (C=O) groups excluding carboxylic acids is 2. The molecule has 1 aliphatic carbocycles. The van der Waals surface area contributed by atoms with E-state index in [4.69, 9.17) is 4.74 Å². The standard InChI is InChI=1S/C20H25NO3/c1-12(2)14-9-8-13(3)10-18(14)24-20(23)19(22)16-11-21-17-7-5-4-6-15(16)17/h4-7,11-14,18,21H,8-10H2,1-3H3. The Morgan fingerprint density at radius 3 is 2.71 bits per heavy atom. The molecule has 1 aromatic carbocycles. The average Bonchev–Trinajstić information content (AvgIpc) is 2.97. The highest BCUT2D eigenvalue weighted by Gasteiger charge is 2.35. The van der Waals surface area contributed by atoms with Gasteiger partial charge in [-0.25, -0.2) is 4.79 Å². The first-order valence-corrected chi connectivity index (χ1v) is 8.78. The van der Waals surface area contributed by atoms with Crippen LogP contribution in [0.3, 0.4) is 0 Å². The van der Waals surface area contributed by atoms with E-state index in [-0.39, 0.29) is 6.10 Å². The van der Waals surface area contributed by atoms with Crippen molar-refractivity contribution in [3.63, 3.8) is 0 Å². The molecule has 1 aliphatic rings. The molecule has 0 aliphatic heterocycles. The summed E-state index contributed by atoms with van der Waals surface area (Å²) in [5, 5.41) is 0.761. The molecule has 128 valence electrons. The second-order valence-electron chi connectivity index (χ2n) is 7.35. The quantitative estimate of drug-likeness (QED) is 0.516. The van der Waals surface area contributed by atoms with Gasteiger partial charge in [0.25, 0.3) is 5.78 Å². The van der Waals surface area contributed by atoms with Gasteiger partial charge in [-0.3, -0.25) is 4.79 Å². The minimum atomic E-state index is -0.732. The van der Waals surface area contributed by atoms with Gasteiger partial charge in [-0.2, -0.15) is 0 Å². The van der Waals surface area contributed by atoms with Crippen LogP contribution in [-0.4, -0.2) is 22.8 Å². The van der Waals surface area contributed by atoms with Gasteiger partial charge in [-0.15, -0.1) is 0 Å². The number of esters is 1. The second-order valence-corrected chi connectivity index (χ2v) is 7.35. The van der Waals surface area contributed by atoms with Crippen LogP contribution in [0.25, 0.3) is 10.9 Å². The molecule has 1 saturated carbocycles. The van der Waals surface area contributed by atoms with Crippen LogP contribution in [0, 0.1) is 17.8 Å². The van der Waals surface area contributed by atoms with Gasteiger partial charge in [0, 0.05) is 17.1 Å². The number of hydrogen-bond donors (Lipinski definition) is 1. The number of fused-ring (bicyclic) bond motifs is 1. The zero-order chi connectivity index (χ0) is 17.3. The third-order valence-corrected chi connectivity index (χ3v) is 5.24. The Kier molecular flexibility index (Phi) is 4.74. The molecule has 3 atom stereocenters. The minimum Gasteiger partial charge on any atom is -0.456 e. The number of H-pyrrole nitrogens is 1. The molecule has 24 heavy (non-hydrogen) atoms. The number of hydrogen-bond acceptors (Lipinski definition) is 3. The van der Waals surface area contributed by atoms with Gasteiger partial charge >= 0.3 is 5.97 Å². The van der Waals surface area contributed by atoms with Crippen molar-refractivity contribution < 1.29 is 14.3 Å². The highest BCUT2D eigenvalue weighted by atomic mass is 16.5. The lowest BCUT2D eigenvalue weighted by Gasteiger charge is -2.36. The Labute approximate surface area is 142 Å². The van der Waals surface area contributed by atoms with Crippen molar-refractivity contribution in [3.8, 4) is 0 Å². The molecule has 0 saturated heterocycles. The first-order chi connectivity index (χ1) is 11.5. The van der Waals surface area contributed by atoms with E-state index in [1.807, 2.05) is 24.3 Å². The summed E-state index contributed by atoms with van der Waals surface area (Å²) in [6, 6.07) is 7.47. The SMILES string of the molecule is CC1CCC(C(C)C)C(OC(=O)C(=O)c2c[nH]c3ccccc23)C1. The van der Waals surface area contributed by atoms with Crippen LogP contribution in [0.1, 0.15) is 50.4 Å². The normalized spacial score (nSPS) is 24.2. The number of nitrogens with one attached hydrogen (secondary N) is 1. The molecule has 1 fully saturated rings. The molecule has 0 radical (unpaired) electrons. The van der Waals surface area contributed by atoms with Crippen molar-refractivity contribution in [1.82, 2.24) is 4.98 Å². The molecular formula is C20H25NO3. The number of benzene rings is 1. The van der Waals surface area contributed by atoms with Gasteiger partial charge in [0.15, 0.2) is 0 Å². The zero-order valence-electron chi connectivity index (χ0n) is 14.5. The van der Waals surface area contributed by atoms with Crippen molar-refractivity contribution in [2.45, 2.75) is 46.1 Å². The van der Waals surface area contributed by atoms with E-state index in [0.29, 0.717) is 23.3 Å². The van der Waals surface area contributed by atoms with Crippen LogP contribution in [0.2, 0.25) is 0 Å². The summed E-state index contributed by atoms with van der Waals surface area (Å²) in [6.45, 7) is 6.49. The van der Waals surface area contributed by atoms with Crippen LogP contribution in [-0.2, 0) is 9.53 Å². The number of aromatic amines is 1. The van der Waals surface area contributed by atoms with Gasteiger partial charge < -0.3 is 9.72 Å². The molecular weight excluding hydrogens is 302 g/mol. The molecule has 3 unspecified atom stereocenters. The summed E-state index contributed by atoms with van der Waals surface area (Å²) in [6.07, 6.45) is 4.49. The van der Waals surface area contributed by atoms with Crippen LogP contribution in [0.5, 0.6) is 0 Å². The zero-order valence-corrected chi connectivity index (χ0v) is 14.5. The Bertz CT molecular complexity index is 746. The molecule has 0 amide bonds. The first kappa shape index (κ1) is 16.7. The van der Waals surface area contributed by atoms with E-state index in [2.05, 4.69) is 25.8 Å².